The van der Waals surface area contributed by atoms with Gasteiger partial charge in [0.05, 0.1) is 7.11 Å². The van der Waals surface area contributed by atoms with E-state index in [1.165, 1.54) is 5.56 Å². The van der Waals surface area contributed by atoms with Crippen LogP contribution in [0, 0.1) is 12.0 Å². The van der Waals surface area contributed by atoms with Gasteiger partial charge in [0.25, 0.3) is 0 Å². The summed E-state index contributed by atoms with van der Waals surface area (Å²) < 4.78 is 5.10. The molecule has 0 bridgehead atoms. The zero-order valence-electron chi connectivity index (χ0n) is 10.3. The highest BCUT2D eigenvalue weighted by atomic mass is 16.5. The summed E-state index contributed by atoms with van der Waals surface area (Å²) in [6.07, 6.45) is 0. The molecule has 0 aliphatic rings. The minimum Gasteiger partial charge on any atom is -0.497 e. The Morgan fingerprint density at radius 2 is 1.72 bits per heavy atom. The van der Waals surface area contributed by atoms with Crippen molar-refractivity contribution in [3.8, 4) is 17.7 Å². The summed E-state index contributed by atoms with van der Waals surface area (Å²) in [4.78, 5) is 0. The van der Waals surface area contributed by atoms with Gasteiger partial charge in [-0.3, -0.25) is 0 Å². The van der Waals surface area contributed by atoms with E-state index in [-0.39, 0.29) is 0 Å². The molecular formula is C16H15NO. The molecule has 0 heterocycles. The molecule has 0 aliphatic heterocycles. The SMILES string of the molecule is COc1ccc(CNC#Cc2ccccc2)cc1. The fourth-order valence-electron chi connectivity index (χ4n) is 1.53. The highest BCUT2D eigenvalue weighted by Gasteiger charge is 1.92. The standard InChI is InChI=1S/C16H15NO/c1-18-16-9-7-15(8-10-16)13-17-12-11-14-5-3-2-4-6-14/h2-10,17H,13H2,1H3. The fourth-order valence-corrected chi connectivity index (χ4v) is 1.53. The molecule has 18 heavy (non-hydrogen) atoms. The summed E-state index contributed by atoms with van der Waals surface area (Å²) in [5, 5.41) is 3.09. The molecule has 1 N–H and O–H groups in total. The van der Waals surface area contributed by atoms with Gasteiger partial charge in [-0.15, -0.1) is 0 Å². The van der Waals surface area contributed by atoms with Crippen molar-refractivity contribution < 1.29 is 4.74 Å². The Balaban J connectivity index is 1.87. The Morgan fingerprint density at radius 1 is 1.00 bits per heavy atom. The van der Waals surface area contributed by atoms with E-state index in [0.29, 0.717) is 0 Å². The van der Waals surface area contributed by atoms with Crippen LogP contribution in [0.4, 0.5) is 0 Å². The Labute approximate surface area is 108 Å². The van der Waals surface area contributed by atoms with E-state index >= 15 is 0 Å². The average Bonchev–Trinajstić information content (AvgIpc) is 2.45. The van der Waals surface area contributed by atoms with Crippen LogP contribution in [0.25, 0.3) is 0 Å². The summed E-state index contributed by atoms with van der Waals surface area (Å²) in [6, 6.07) is 20.8. The Kier molecular flexibility index (Phi) is 4.27. The van der Waals surface area contributed by atoms with Gasteiger partial charge >= 0.3 is 0 Å². The maximum atomic E-state index is 5.10. The van der Waals surface area contributed by atoms with Crippen LogP contribution in [0.15, 0.2) is 54.6 Å². The summed E-state index contributed by atoms with van der Waals surface area (Å²) in [7, 11) is 1.67. The predicted octanol–water partition coefficient (Wildman–Crippen LogP) is 2.79. The van der Waals surface area contributed by atoms with E-state index in [9.17, 15) is 0 Å². The maximum absolute atomic E-state index is 5.10. The highest BCUT2D eigenvalue weighted by molar-refractivity contribution is 5.33. The lowest BCUT2D eigenvalue weighted by Crippen LogP contribution is -2.04. The maximum Gasteiger partial charge on any atom is 0.118 e. The predicted molar refractivity (Wildman–Crippen MR) is 73.2 cm³/mol. The van der Waals surface area contributed by atoms with Crippen molar-refractivity contribution in [3.05, 3.63) is 65.7 Å². The van der Waals surface area contributed by atoms with Gasteiger partial charge in [-0.05, 0) is 35.7 Å². The first-order valence-electron chi connectivity index (χ1n) is 5.80. The van der Waals surface area contributed by atoms with E-state index in [0.717, 1.165) is 17.9 Å². The van der Waals surface area contributed by atoms with Gasteiger partial charge in [0.1, 0.15) is 5.75 Å². The van der Waals surface area contributed by atoms with Crippen LogP contribution in [0.1, 0.15) is 11.1 Å². The quantitative estimate of drug-likeness (QED) is 0.654. The first-order chi connectivity index (χ1) is 8.88. The summed E-state index contributed by atoms with van der Waals surface area (Å²) in [6.45, 7) is 0.726. The van der Waals surface area contributed by atoms with Crippen LogP contribution >= 0.6 is 0 Å². The van der Waals surface area contributed by atoms with Gasteiger partial charge in [-0.1, -0.05) is 30.3 Å². The van der Waals surface area contributed by atoms with Crippen molar-refractivity contribution in [1.29, 1.82) is 0 Å². The molecule has 0 saturated heterocycles. The van der Waals surface area contributed by atoms with Gasteiger partial charge in [-0.25, -0.2) is 0 Å². The minimum absolute atomic E-state index is 0.726. The number of hydrogen-bond acceptors (Lipinski definition) is 2. The number of ether oxygens (including phenoxy) is 1. The lowest BCUT2D eigenvalue weighted by atomic mass is 10.2. The molecule has 90 valence electrons. The molecule has 0 spiro atoms. The number of hydrogen-bond donors (Lipinski definition) is 1. The molecule has 0 radical (unpaired) electrons. The van der Waals surface area contributed by atoms with Crippen LogP contribution in [-0.2, 0) is 6.54 Å². The second-order valence-corrected chi connectivity index (χ2v) is 3.82. The van der Waals surface area contributed by atoms with Gasteiger partial charge in [0.2, 0.25) is 0 Å². The van der Waals surface area contributed by atoms with E-state index in [1.54, 1.807) is 7.11 Å². The first-order valence-corrected chi connectivity index (χ1v) is 5.80. The van der Waals surface area contributed by atoms with Gasteiger partial charge in [-0.2, -0.15) is 0 Å². The van der Waals surface area contributed by atoms with Gasteiger partial charge in [0.15, 0.2) is 0 Å². The fraction of sp³-hybridized carbons (Fsp3) is 0.125. The minimum atomic E-state index is 0.726. The van der Waals surface area contributed by atoms with E-state index in [2.05, 4.69) is 17.3 Å². The third kappa shape index (κ3) is 3.57. The molecule has 2 rings (SSSR count). The van der Waals surface area contributed by atoms with E-state index in [1.807, 2.05) is 54.6 Å². The van der Waals surface area contributed by atoms with Crippen LogP contribution < -0.4 is 10.1 Å². The average molecular weight is 237 g/mol. The van der Waals surface area contributed by atoms with Crippen molar-refractivity contribution in [2.75, 3.05) is 7.11 Å². The van der Waals surface area contributed by atoms with Crippen LogP contribution in [0.5, 0.6) is 5.75 Å². The molecule has 0 fully saturated rings. The Morgan fingerprint density at radius 3 is 2.39 bits per heavy atom. The third-order valence-electron chi connectivity index (χ3n) is 2.52. The molecule has 0 atom stereocenters. The molecular weight excluding hydrogens is 222 g/mol. The van der Waals surface area contributed by atoms with Crippen LogP contribution in [0.2, 0.25) is 0 Å². The molecule has 0 aromatic heterocycles. The van der Waals surface area contributed by atoms with Gasteiger partial charge < -0.3 is 10.1 Å². The smallest absolute Gasteiger partial charge is 0.118 e. The topological polar surface area (TPSA) is 21.3 Å². The highest BCUT2D eigenvalue weighted by Crippen LogP contribution is 2.10. The van der Waals surface area contributed by atoms with Crippen molar-refractivity contribution in [1.82, 2.24) is 5.32 Å². The van der Waals surface area contributed by atoms with E-state index in [4.69, 9.17) is 4.74 Å². The number of rotatable bonds is 3. The molecule has 0 saturated carbocycles. The molecule has 0 aliphatic carbocycles. The van der Waals surface area contributed by atoms with Gasteiger partial charge in [0, 0.05) is 18.2 Å². The summed E-state index contributed by atoms with van der Waals surface area (Å²) in [5.74, 6) is 3.92. The monoisotopic (exact) mass is 237 g/mol. The molecule has 2 heteroatoms. The molecule has 2 aromatic rings. The molecule has 0 unspecified atom stereocenters. The summed E-state index contributed by atoms with van der Waals surface area (Å²) in [5.41, 5.74) is 2.19. The zero-order chi connectivity index (χ0) is 12.6. The van der Waals surface area contributed by atoms with Crippen molar-refractivity contribution in [2.45, 2.75) is 6.54 Å². The zero-order valence-corrected chi connectivity index (χ0v) is 10.3. The second kappa shape index (κ2) is 6.36. The number of methoxy groups -OCH3 is 1. The molecule has 2 aromatic carbocycles. The second-order valence-electron chi connectivity index (χ2n) is 3.82. The Hall–Kier alpha value is -2.40. The lowest BCUT2D eigenvalue weighted by molar-refractivity contribution is 0.414. The van der Waals surface area contributed by atoms with E-state index < -0.39 is 0 Å². The number of nitrogens with one attached hydrogen (secondary N) is 1. The van der Waals surface area contributed by atoms with Crippen molar-refractivity contribution >= 4 is 0 Å². The van der Waals surface area contributed by atoms with Crippen molar-refractivity contribution in [3.63, 3.8) is 0 Å². The number of benzene rings is 2. The normalized spacial score (nSPS) is 9.17. The molecule has 0 amide bonds. The Bertz CT molecular complexity index is 535. The first kappa shape index (κ1) is 12.1. The lowest BCUT2D eigenvalue weighted by Gasteiger charge is -2.02. The van der Waals surface area contributed by atoms with Crippen LogP contribution in [0.3, 0.4) is 0 Å². The largest absolute Gasteiger partial charge is 0.497 e. The summed E-state index contributed by atoms with van der Waals surface area (Å²) >= 11 is 0. The van der Waals surface area contributed by atoms with Crippen molar-refractivity contribution in [2.24, 2.45) is 0 Å². The van der Waals surface area contributed by atoms with Crippen LogP contribution in [-0.4, -0.2) is 7.11 Å². The third-order valence-corrected chi connectivity index (χ3v) is 2.52. The molecule has 2 nitrogen and oxygen atoms in total.